The maximum absolute atomic E-state index is 14.8. The van der Waals surface area contributed by atoms with Crippen LogP contribution in [0.4, 0.5) is 8.78 Å². The van der Waals surface area contributed by atoms with Gasteiger partial charge in [0.25, 0.3) is 0 Å². The first-order chi connectivity index (χ1) is 9.10. The molecule has 1 aliphatic carbocycles. The van der Waals surface area contributed by atoms with Crippen LogP contribution in [-0.2, 0) is 6.05 Å². The quantitative estimate of drug-likeness (QED) is 0.554. The molecule has 0 amide bonds. The van der Waals surface area contributed by atoms with Gasteiger partial charge in [-0.2, -0.15) is 8.78 Å². The second kappa shape index (κ2) is 5.00. The summed E-state index contributed by atoms with van der Waals surface area (Å²) in [6, 6.07) is 4.21. The highest BCUT2D eigenvalue weighted by Gasteiger charge is 2.46. The Morgan fingerprint density at radius 3 is 2.74 bits per heavy atom. The van der Waals surface area contributed by atoms with Crippen LogP contribution in [0, 0.1) is 5.92 Å². The van der Waals surface area contributed by atoms with E-state index < -0.39 is 12.0 Å². The van der Waals surface area contributed by atoms with E-state index >= 15 is 0 Å². The smallest absolute Gasteiger partial charge is 0.270 e. The molecule has 0 N–H and O–H groups in total. The Hall–Kier alpha value is -0.720. The van der Waals surface area contributed by atoms with Gasteiger partial charge in [0.2, 0.25) is 0 Å². The number of benzene rings is 1. The molecule has 2 atom stereocenters. The Morgan fingerprint density at radius 2 is 1.95 bits per heavy atom. The Morgan fingerprint density at radius 1 is 1.21 bits per heavy atom. The molecule has 3 rings (SSSR count). The van der Waals surface area contributed by atoms with Crippen LogP contribution in [0.2, 0.25) is 0 Å². The molecule has 0 aliphatic heterocycles. The van der Waals surface area contributed by atoms with Crippen LogP contribution >= 0.6 is 22.6 Å². The van der Waals surface area contributed by atoms with Crippen molar-refractivity contribution in [3.05, 3.63) is 30.6 Å². The van der Waals surface area contributed by atoms with Crippen LogP contribution in [0.25, 0.3) is 11.0 Å². The Balaban J connectivity index is 2.03. The van der Waals surface area contributed by atoms with Gasteiger partial charge in [0.05, 0.1) is 17.0 Å². The Labute approximate surface area is 124 Å². The van der Waals surface area contributed by atoms with Crippen LogP contribution < -0.4 is 0 Å². The van der Waals surface area contributed by atoms with Crippen molar-refractivity contribution in [1.29, 1.82) is 0 Å². The lowest BCUT2D eigenvalue weighted by atomic mass is 9.87. The van der Waals surface area contributed by atoms with E-state index in [1.165, 1.54) is 6.33 Å². The molecule has 5 heteroatoms. The summed E-state index contributed by atoms with van der Waals surface area (Å²) >= 11 is 2.18. The minimum Gasteiger partial charge on any atom is -0.270 e. The molecule has 0 radical (unpaired) electrons. The van der Waals surface area contributed by atoms with Gasteiger partial charge in [-0.1, -0.05) is 47.6 Å². The first-order valence-corrected chi connectivity index (χ1v) is 7.79. The number of imidazole rings is 1. The second-order valence-corrected chi connectivity index (χ2v) is 6.70. The third-order valence-electron chi connectivity index (χ3n) is 3.90. The summed E-state index contributed by atoms with van der Waals surface area (Å²) in [6.07, 6.45) is 4.71. The maximum atomic E-state index is 14.8. The number of rotatable bonds is 2. The summed E-state index contributed by atoms with van der Waals surface area (Å²) in [5, 5.41) is 0. The molecule has 1 aromatic carbocycles. The Kier molecular flexibility index (Phi) is 3.49. The summed E-state index contributed by atoms with van der Waals surface area (Å²) in [6.45, 7) is 0. The number of alkyl halides is 3. The van der Waals surface area contributed by atoms with Gasteiger partial charge in [-0.05, 0) is 25.0 Å². The molecule has 0 bridgehead atoms. The molecule has 2 unspecified atom stereocenters. The van der Waals surface area contributed by atoms with Crippen molar-refractivity contribution in [2.75, 3.05) is 0 Å². The fraction of sp³-hybridized carbons (Fsp3) is 0.500. The molecule has 102 valence electrons. The van der Waals surface area contributed by atoms with Crippen LogP contribution in [0.1, 0.15) is 25.7 Å². The molecule has 19 heavy (non-hydrogen) atoms. The van der Waals surface area contributed by atoms with E-state index in [-0.39, 0.29) is 3.92 Å². The van der Waals surface area contributed by atoms with Crippen LogP contribution in [0.5, 0.6) is 0 Å². The van der Waals surface area contributed by atoms with Crippen molar-refractivity contribution in [1.82, 2.24) is 9.55 Å². The number of nitrogens with zero attached hydrogens (tertiary/aromatic N) is 2. The van der Waals surface area contributed by atoms with E-state index in [2.05, 4.69) is 27.6 Å². The number of para-hydroxylation sites is 2. The van der Waals surface area contributed by atoms with Gasteiger partial charge in [0.1, 0.15) is 6.33 Å². The van der Waals surface area contributed by atoms with Crippen molar-refractivity contribution in [3.8, 4) is 0 Å². The average Bonchev–Trinajstić information content (AvgIpc) is 2.83. The highest BCUT2D eigenvalue weighted by Crippen LogP contribution is 2.44. The zero-order valence-corrected chi connectivity index (χ0v) is 12.6. The lowest BCUT2D eigenvalue weighted by molar-refractivity contribution is -0.137. The highest BCUT2D eigenvalue weighted by atomic mass is 127. The van der Waals surface area contributed by atoms with E-state index in [4.69, 9.17) is 0 Å². The fourth-order valence-electron chi connectivity index (χ4n) is 2.85. The van der Waals surface area contributed by atoms with Gasteiger partial charge in [-0.3, -0.25) is 4.57 Å². The number of halogens is 3. The summed E-state index contributed by atoms with van der Waals surface area (Å²) in [5.41, 5.74) is 1.14. The molecule has 2 aromatic rings. The molecule has 1 saturated carbocycles. The number of hydrogen-bond donors (Lipinski definition) is 0. The normalized spacial score (nSPS) is 24.8. The van der Waals surface area contributed by atoms with Gasteiger partial charge in [0.15, 0.2) is 0 Å². The van der Waals surface area contributed by atoms with Crippen molar-refractivity contribution >= 4 is 33.6 Å². The summed E-state index contributed by atoms with van der Waals surface area (Å²) < 4.78 is 30.6. The minimum atomic E-state index is -2.86. The third-order valence-corrected chi connectivity index (χ3v) is 5.39. The highest BCUT2D eigenvalue weighted by molar-refractivity contribution is 14.1. The van der Waals surface area contributed by atoms with E-state index in [9.17, 15) is 8.78 Å². The van der Waals surface area contributed by atoms with Crippen molar-refractivity contribution < 1.29 is 8.78 Å². The zero-order valence-electron chi connectivity index (χ0n) is 10.4. The van der Waals surface area contributed by atoms with Gasteiger partial charge in [0, 0.05) is 3.92 Å². The van der Waals surface area contributed by atoms with E-state index in [1.807, 2.05) is 6.07 Å². The number of hydrogen-bond acceptors (Lipinski definition) is 1. The van der Waals surface area contributed by atoms with Gasteiger partial charge >= 0.3 is 6.05 Å². The SMILES string of the molecule is FC(F)(C1CCCCC1I)n1cnc2ccccc21. The van der Waals surface area contributed by atoms with Gasteiger partial charge < -0.3 is 0 Å². The van der Waals surface area contributed by atoms with E-state index in [0.717, 1.165) is 23.8 Å². The Bertz CT molecular complexity index is 582. The van der Waals surface area contributed by atoms with Gasteiger partial charge in [-0.25, -0.2) is 4.98 Å². The van der Waals surface area contributed by atoms with E-state index in [0.29, 0.717) is 17.5 Å². The van der Waals surface area contributed by atoms with Crippen molar-refractivity contribution in [2.45, 2.75) is 35.7 Å². The predicted molar refractivity (Wildman–Crippen MR) is 79.7 cm³/mol. The molecule has 2 nitrogen and oxygen atoms in total. The first kappa shape index (κ1) is 13.3. The zero-order chi connectivity index (χ0) is 13.5. The molecule has 1 fully saturated rings. The minimum absolute atomic E-state index is 0.0301. The summed E-state index contributed by atoms with van der Waals surface area (Å²) in [7, 11) is 0. The first-order valence-electron chi connectivity index (χ1n) is 6.55. The van der Waals surface area contributed by atoms with Crippen molar-refractivity contribution in [2.24, 2.45) is 5.92 Å². The lowest BCUT2D eigenvalue weighted by Gasteiger charge is -2.34. The summed E-state index contributed by atoms with van der Waals surface area (Å²) in [4.78, 5) is 4.09. The lowest BCUT2D eigenvalue weighted by Crippen LogP contribution is -2.39. The van der Waals surface area contributed by atoms with E-state index in [1.54, 1.807) is 18.2 Å². The predicted octanol–water partition coefficient (Wildman–Crippen LogP) is 4.58. The standard InChI is InChI=1S/C14H15F2IN2/c15-14(16,10-5-1-2-6-11(10)17)19-9-18-12-7-3-4-8-13(12)19/h3-4,7-11H,1-2,5-6H2. The molecule has 1 aliphatic rings. The molecular weight excluding hydrogens is 361 g/mol. The van der Waals surface area contributed by atoms with Crippen LogP contribution in [0.3, 0.4) is 0 Å². The van der Waals surface area contributed by atoms with Gasteiger partial charge in [-0.15, -0.1) is 0 Å². The molecule has 1 heterocycles. The molecular formula is C14H15F2IN2. The third kappa shape index (κ3) is 2.26. The van der Waals surface area contributed by atoms with Crippen molar-refractivity contribution in [3.63, 3.8) is 0 Å². The largest absolute Gasteiger partial charge is 0.334 e. The number of fused-ring (bicyclic) bond motifs is 1. The second-order valence-electron chi connectivity index (χ2n) is 5.10. The summed E-state index contributed by atoms with van der Waals surface area (Å²) in [5.74, 6) is -0.598. The molecule has 0 saturated heterocycles. The number of aromatic nitrogens is 2. The fourth-order valence-corrected chi connectivity index (χ4v) is 4.08. The molecule has 1 aromatic heterocycles. The van der Waals surface area contributed by atoms with Crippen LogP contribution in [0.15, 0.2) is 30.6 Å². The molecule has 0 spiro atoms. The monoisotopic (exact) mass is 376 g/mol. The average molecular weight is 376 g/mol. The topological polar surface area (TPSA) is 17.8 Å². The van der Waals surface area contributed by atoms with Crippen LogP contribution in [-0.4, -0.2) is 13.5 Å². The maximum Gasteiger partial charge on any atom is 0.334 e.